The van der Waals surface area contributed by atoms with Crippen molar-refractivity contribution in [2.24, 2.45) is 10.9 Å². The topological polar surface area (TPSA) is 80.7 Å². The number of anilines is 1. The molecule has 2 aliphatic rings. The second-order valence-electron chi connectivity index (χ2n) is 7.44. The van der Waals surface area contributed by atoms with Crippen LogP contribution in [-0.2, 0) is 10.9 Å². The first-order valence-electron chi connectivity index (χ1n) is 9.00. The molecule has 2 heterocycles. The van der Waals surface area contributed by atoms with Crippen LogP contribution in [0.5, 0.6) is 5.75 Å². The number of ether oxygens (including phenoxy) is 1. The Morgan fingerprint density at radius 1 is 1.36 bits per heavy atom. The number of phenolic OH excluding ortho intramolecular Hbond substituents is 1. The van der Waals surface area contributed by atoms with Gasteiger partial charge in [-0.1, -0.05) is 0 Å². The van der Waals surface area contributed by atoms with Gasteiger partial charge in [-0.15, -0.1) is 0 Å². The quantitative estimate of drug-likeness (QED) is 0.776. The Hall–Kier alpha value is -2.61. The lowest BCUT2D eigenvalue weighted by molar-refractivity contribution is -0.137. The predicted molar refractivity (Wildman–Crippen MR) is 99.4 cm³/mol. The summed E-state index contributed by atoms with van der Waals surface area (Å²) in [5, 5.41) is 10.1. The molecule has 2 fully saturated rings. The molecule has 0 bridgehead atoms. The molecular weight excluding hydrogens is 371 g/mol. The number of rotatable bonds is 3. The van der Waals surface area contributed by atoms with Gasteiger partial charge in [0.2, 0.25) is 0 Å². The van der Waals surface area contributed by atoms with E-state index in [1.807, 2.05) is 0 Å². The second-order valence-corrected chi connectivity index (χ2v) is 7.44. The molecule has 8 heteroatoms. The van der Waals surface area contributed by atoms with Crippen molar-refractivity contribution in [3.63, 3.8) is 0 Å². The van der Waals surface area contributed by atoms with Crippen molar-refractivity contribution in [1.29, 1.82) is 0 Å². The van der Waals surface area contributed by atoms with E-state index < -0.39 is 17.5 Å². The van der Waals surface area contributed by atoms with E-state index >= 15 is 0 Å². The number of aryl methyl sites for hydroxylation is 1. The third kappa shape index (κ3) is 3.32. The van der Waals surface area contributed by atoms with Crippen LogP contribution in [0.1, 0.15) is 29.5 Å². The maximum Gasteiger partial charge on any atom is 0.416 e. The zero-order valence-electron chi connectivity index (χ0n) is 15.3. The number of aromatic nitrogens is 1. The van der Waals surface area contributed by atoms with E-state index in [-0.39, 0.29) is 22.5 Å². The van der Waals surface area contributed by atoms with E-state index in [0.29, 0.717) is 29.8 Å². The standard InChI is InChI=1S/C20H20F3N3O2/c1-11-6-13(20(21,22)23)7-16(27)17(11)15-3-2-12(18(24)26-15)9-25-19-4-5-28-10-14(19)8-19/h2-3,6-7,9,14,27H,4-5,8,10H2,1H3,(H2,24,26). The average Bonchev–Trinajstić information content (AvgIpc) is 3.34. The first kappa shape index (κ1) is 18.7. The van der Waals surface area contributed by atoms with Gasteiger partial charge in [0.05, 0.1) is 23.4 Å². The van der Waals surface area contributed by atoms with Crippen molar-refractivity contribution in [3.8, 4) is 17.0 Å². The Morgan fingerprint density at radius 2 is 2.14 bits per heavy atom. The highest BCUT2D eigenvalue weighted by Gasteiger charge is 2.55. The molecule has 0 spiro atoms. The van der Waals surface area contributed by atoms with Gasteiger partial charge in [-0.25, -0.2) is 4.98 Å². The molecule has 0 amide bonds. The fourth-order valence-electron chi connectivity index (χ4n) is 3.78. The van der Waals surface area contributed by atoms with Crippen molar-refractivity contribution in [2.75, 3.05) is 18.9 Å². The molecule has 4 rings (SSSR count). The number of halogens is 3. The summed E-state index contributed by atoms with van der Waals surface area (Å²) in [6, 6.07) is 5.02. The minimum Gasteiger partial charge on any atom is -0.507 e. The molecule has 2 aromatic rings. The second kappa shape index (κ2) is 6.48. The largest absolute Gasteiger partial charge is 0.507 e. The van der Waals surface area contributed by atoms with Crippen molar-refractivity contribution in [2.45, 2.75) is 31.5 Å². The van der Waals surface area contributed by atoms with Crippen LogP contribution in [0.15, 0.2) is 29.3 Å². The number of aromatic hydroxyl groups is 1. The molecule has 3 N–H and O–H groups in total. The fraction of sp³-hybridized carbons (Fsp3) is 0.400. The molecule has 1 aliphatic carbocycles. The number of phenols is 1. The number of hydrogen-bond acceptors (Lipinski definition) is 5. The van der Waals surface area contributed by atoms with Crippen LogP contribution in [0.25, 0.3) is 11.3 Å². The molecule has 148 valence electrons. The maximum atomic E-state index is 12.9. The number of nitrogens with zero attached hydrogens (tertiary/aromatic N) is 2. The Kier molecular flexibility index (Phi) is 4.33. The van der Waals surface area contributed by atoms with Crippen LogP contribution < -0.4 is 5.73 Å². The number of nitrogens with two attached hydrogens (primary N) is 1. The third-order valence-corrected chi connectivity index (χ3v) is 5.51. The third-order valence-electron chi connectivity index (χ3n) is 5.51. The van der Waals surface area contributed by atoms with Gasteiger partial charge in [-0.05, 0) is 49.6 Å². The van der Waals surface area contributed by atoms with Crippen molar-refractivity contribution >= 4 is 12.0 Å². The SMILES string of the molecule is Cc1cc(C(F)(F)F)cc(O)c1-c1ccc(C=NC23CCOCC2C3)c(N)n1. The minimum atomic E-state index is -4.53. The zero-order chi connectivity index (χ0) is 20.1. The molecule has 1 aliphatic heterocycles. The van der Waals surface area contributed by atoms with Gasteiger partial charge >= 0.3 is 6.18 Å². The van der Waals surface area contributed by atoms with E-state index in [4.69, 9.17) is 15.5 Å². The summed E-state index contributed by atoms with van der Waals surface area (Å²) in [5.41, 5.74) is 6.53. The van der Waals surface area contributed by atoms with Crippen LogP contribution in [0, 0.1) is 12.8 Å². The zero-order valence-corrected chi connectivity index (χ0v) is 15.3. The lowest BCUT2D eigenvalue weighted by Gasteiger charge is -2.18. The first-order chi connectivity index (χ1) is 13.2. The summed E-state index contributed by atoms with van der Waals surface area (Å²) in [4.78, 5) is 8.97. The summed E-state index contributed by atoms with van der Waals surface area (Å²) >= 11 is 0. The molecular formula is C20H20F3N3O2. The molecule has 1 saturated carbocycles. The summed E-state index contributed by atoms with van der Waals surface area (Å²) in [6.45, 7) is 2.93. The predicted octanol–water partition coefficient (Wildman–Crippen LogP) is 3.96. The van der Waals surface area contributed by atoms with E-state index in [9.17, 15) is 18.3 Å². The average molecular weight is 391 g/mol. The summed E-state index contributed by atoms with van der Waals surface area (Å²) in [6.07, 6.45) is -0.930. The smallest absolute Gasteiger partial charge is 0.416 e. The summed E-state index contributed by atoms with van der Waals surface area (Å²) in [5.74, 6) is 0.181. The normalized spacial score (nSPS) is 24.4. The molecule has 5 nitrogen and oxygen atoms in total. The molecule has 28 heavy (non-hydrogen) atoms. The molecule has 1 aromatic carbocycles. The van der Waals surface area contributed by atoms with E-state index in [1.54, 1.807) is 18.3 Å². The molecule has 0 radical (unpaired) electrons. The monoisotopic (exact) mass is 391 g/mol. The van der Waals surface area contributed by atoms with E-state index in [0.717, 1.165) is 25.5 Å². The van der Waals surface area contributed by atoms with Gasteiger partial charge in [-0.2, -0.15) is 13.2 Å². The number of benzene rings is 1. The highest BCUT2D eigenvalue weighted by molar-refractivity contribution is 5.87. The van der Waals surface area contributed by atoms with Gasteiger partial charge in [0, 0.05) is 29.9 Å². The van der Waals surface area contributed by atoms with Crippen LogP contribution in [0.2, 0.25) is 0 Å². The summed E-state index contributed by atoms with van der Waals surface area (Å²) < 4.78 is 44.1. The Labute approximate surface area is 160 Å². The van der Waals surface area contributed by atoms with E-state index in [1.165, 1.54) is 6.92 Å². The van der Waals surface area contributed by atoms with Crippen molar-refractivity contribution in [3.05, 3.63) is 41.0 Å². The van der Waals surface area contributed by atoms with Gasteiger partial charge in [0.1, 0.15) is 11.6 Å². The lowest BCUT2D eigenvalue weighted by atomic mass is 10.00. The van der Waals surface area contributed by atoms with E-state index in [2.05, 4.69) is 4.98 Å². The van der Waals surface area contributed by atoms with Crippen LogP contribution in [0.4, 0.5) is 19.0 Å². The van der Waals surface area contributed by atoms with Crippen LogP contribution in [0.3, 0.4) is 0 Å². The highest BCUT2D eigenvalue weighted by atomic mass is 19.4. The number of aliphatic imine (C=N–C) groups is 1. The number of nitrogen functional groups attached to an aromatic ring is 1. The maximum absolute atomic E-state index is 12.9. The van der Waals surface area contributed by atoms with Gasteiger partial charge < -0.3 is 15.6 Å². The van der Waals surface area contributed by atoms with Gasteiger partial charge in [0.25, 0.3) is 0 Å². The Morgan fingerprint density at radius 3 is 2.79 bits per heavy atom. The van der Waals surface area contributed by atoms with Crippen molar-refractivity contribution in [1.82, 2.24) is 4.98 Å². The number of pyridine rings is 1. The Bertz CT molecular complexity index is 935. The Balaban J connectivity index is 1.62. The number of hydrogen-bond donors (Lipinski definition) is 2. The molecule has 2 unspecified atom stereocenters. The summed E-state index contributed by atoms with van der Waals surface area (Å²) in [7, 11) is 0. The van der Waals surface area contributed by atoms with Crippen LogP contribution in [-0.4, -0.2) is 35.1 Å². The van der Waals surface area contributed by atoms with Crippen LogP contribution >= 0.6 is 0 Å². The fourth-order valence-corrected chi connectivity index (χ4v) is 3.78. The number of fused-ring (bicyclic) bond motifs is 1. The van der Waals surface area contributed by atoms with Crippen molar-refractivity contribution < 1.29 is 23.0 Å². The van der Waals surface area contributed by atoms with Gasteiger partial charge in [-0.3, -0.25) is 4.99 Å². The highest BCUT2D eigenvalue weighted by Crippen LogP contribution is 2.52. The molecule has 1 aromatic heterocycles. The number of alkyl halides is 3. The van der Waals surface area contributed by atoms with Gasteiger partial charge in [0.15, 0.2) is 0 Å². The molecule has 1 saturated heterocycles. The first-order valence-corrected chi connectivity index (χ1v) is 9.00. The lowest BCUT2D eigenvalue weighted by Crippen LogP contribution is -2.21. The minimum absolute atomic E-state index is 0.0500. The molecule has 2 atom stereocenters.